The van der Waals surface area contributed by atoms with Crippen LogP contribution in [0.3, 0.4) is 0 Å². The van der Waals surface area contributed by atoms with Gasteiger partial charge >= 0.3 is 5.97 Å². The van der Waals surface area contributed by atoms with Crippen molar-refractivity contribution < 1.29 is 13.9 Å². The summed E-state index contributed by atoms with van der Waals surface area (Å²) in [6.45, 7) is 3.99. The molecular formula is C22H19BrFN3O2. The van der Waals surface area contributed by atoms with E-state index in [2.05, 4.69) is 20.9 Å². The van der Waals surface area contributed by atoms with Crippen molar-refractivity contribution in [2.75, 3.05) is 6.61 Å². The highest BCUT2D eigenvalue weighted by Gasteiger charge is 2.31. The van der Waals surface area contributed by atoms with Crippen molar-refractivity contribution in [1.82, 2.24) is 9.55 Å². The van der Waals surface area contributed by atoms with Crippen molar-refractivity contribution in [2.45, 2.75) is 26.3 Å². The van der Waals surface area contributed by atoms with Crippen LogP contribution in [0.25, 0.3) is 5.69 Å². The lowest BCUT2D eigenvalue weighted by Crippen LogP contribution is -2.12. The number of benzene rings is 2. The van der Waals surface area contributed by atoms with Gasteiger partial charge in [-0.25, -0.2) is 14.2 Å². The number of imidazole rings is 1. The Labute approximate surface area is 176 Å². The summed E-state index contributed by atoms with van der Waals surface area (Å²) in [4.78, 5) is 21.7. The summed E-state index contributed by atoms with van der Waals surface area (Å²) in [6.07, 6.45) is 2.22. The van der Waals surface area contributed by atoms with E-state index in [1.165, 1.54) is 6.07 Å². The van der Waals surface area contributed by atoms with Crippen LogP contribution in [-0.2, 0) is 4.74 Å². The van der Waals surface area contributed by atoms with E-state index in [0.717, 1.165) is 15.7 Å². The lowest BCUT2D eigenvalue weighted by atomic mass is 10.00. The van der Waals surface area contributed by atoms with Crippen molar-refractivity contribution in [2.24, 2.45) is 4.99 Å². The van der Waals surface area contributed by atoms with E-state index in [1.807, 2.05) is 29.7 Å². The number of carbonyl (C=O) groups excluding carboxylic acids is 1. The fourth-order valence-corrected chi connectivity index (χ4v) is 3.93. The highest BCUT2D eigenvalue weighted by atomic mass is 79.9. The maximum Gasteiger partial charge on any atom is 0.358 e. The number of rotatable bonds is 4. The summed E-state index contributed by atoms with van der Waals surface area (Å²) < 4.78 is 22.6. The summed E-state index contributed by atoms with van der Waals surface area (Å²) >= 11 is 3.51. The Bertz CT molecular complexity index is 1120. The second-order valence-electron chi connectivity index (χ2n) is 6.61. The fraction of sp³-hybridized carbons (Fsp3) is 0.227. The molecule has 0 spiro atoms. The zero-order valence-electron chi connectivity index (χ0n) is 16.0. The van der Waals surface area contributed by atoms with Gasteiger partial charge < -0.3 is 4.74 Å². The third-order valence-corrected chi connectivity index (χ3v) is 5.36. The van der Waals surface area contributed by atoms with Crippen molar-refractivity contribution in [3.05, 3.63) is 81.6 Å². The third kappa shape index (κ3) is 3.40. The molecule has 0 N–H and O–H groups in total. The lowest BCUT2D eigenvalue weighted by molar-refractivity contribution is 0.0518. The number of hydrogen-bond acceptors (Lipinski definition) is 4. The van der Waals surface area contributed by atoms with E-state index >= 15 is 0 Å². The summed E-state index contributed by atoms with van der Waals surface area (Å²) in [6, 6.07) is 11.9. The molecule has 1 aliphatic rings. The number of hydrogen-bond donors (Lipinski definition) is 0. The Hall–Kier alpha value is -2.80. The van der Waals surface area contributed by atoms with E-state index in [9.17, 15) is 9.18 Å². The van der Waals surface area contributed by atoms with Crippen molar-refractivity contribution in [1.29, 1.82) is 0 Å². The normalized spacial score (nSPS) is 15.2. The first-order valence-electron chi connectivity index (χ1n) is 9.42. The van der Waals surface area contributed by atoms with Gasteiger partial charge in [0.25, 0.3) is 0 Å². The van der Waals surface area contributed by atoms with Gasteiger partial charge in [-0.1, -0.05) is 35.0 Å². The topological polar surface area (TPSA) is 56.5 Å². The van der Waals surface area contributed by atoms with Crippen molar-refractivity contribution >= 4 is 27.6 Å². The van der Waals surface area contributed by atoms with Crippen LogP contribution >= 0.6 is 15.9 Å². The smallest absolute Gasteiger partial charge is 0.358 e. The lowest BCUT2D eigenvalue weighted by Gasteiger charge is -2.13. The van der Waals surface area contributed by atoms with Gasteiger partial charge in [-0.2, -0.15) is 0 Å². The molecule has 2 aromatic carbocycles. The maximum atomic E-state index is 14.7. The summed E-state index contributed by atoms with van der Waals surface area (Å²) in [5, 5.41) is 0. The van der Waals surface area contributed by atoms with Gasteiger partial charge in [0.2, 0.25) is 0 Å². The first-order chi connectivity index (χ1) is 14.0. The number of esters is 1. The second-order valence-corrected chi connectivity index (χ2v) is 7.53. The molecule has 29 heavy (non-hydrogen) atoms. The first kappa shape index (κ1) is 19.5. The average Bonchev–Trinajstić information content (AvgIpc) is 3.09. The van der Waals surface area contributed by atoms with Gasteiger partial charge in [0, 0.05) is 15.6 Å². The Morgan fingerprint density at radius 1 is 1.21 bits per heavy atom. The van der Waals surface area contributed by atoms with Crippen LogP contribution < -0.4 is 0 Å². The van der Waals surface area contributed by atoms with E-state index in [1.54, 1.807) is 31.5 Å². The quantitative estimate of drug-likeness (QED) is 0.504. The van der Waals surface area contributed by atoms with Crippen LogP contribution in [0.15, 0.2) is 58.3 Å². The van der Waals surface area contributed by atoms with Crippen LogP contribution in [0.4, 0.5) is 4.39 Å². The molecule has 0 fully saturated rings. The molecule has 1 atom stereocenters. The summed E-state index contributed by atoms with van der Waals surface area (Å²) in [5.74, 6) is -0.828. The Kier molecular flexibility index (Phi) is 5.32. The number of ether oxygens (including phenoxy) is 1. The van der Waals surface area contributed by atoms with Gasteiger partial charge in [-0.15, -0.1) is 0 Å². The number of aromatic nitrogens is 2. The van der Waals surface area contributed by atoms with Crippen LogP contribution in [0.1, 0.15) is 53.6 Å². The monoisotopic (exact) mass is 455 g/mol. The third-order valence-electron chi connectivity index (χ3n) is 4.86. The molecule has 1 unspecified atom stereocenters. The van der Waals surface area contributed by atoms with E-state index < -0.39 is 5.97 Å². The fourth-order valence-electron chi connectivity index (χ4n) is 3.57. The molecule has 4 rings (SSSR count). The Morgan fingerprint density at radius 2 is 2.00 bits per heavy atom. The minimum Gasteiger partial charge on any atom is -0.461 e. The molecule has 0 amide bonds. The number of carbonyl (C=O) groups is 1. The molecule has 3 aromatic rings. The zero-order valence-corrected chi connectivity index (χ0v) is 17.6. The molecule has 1 aliphatic heterocycles. The Morgan fingerprint density at radius 3 is 2.72 bits per heavy atom. The standard InChI is InChI=1S/C22H19BrFN3O2/c1-3-17-21-20(22(28)29-4-2)25-12-27(21)18-10-9-13(23)11-15(18)19(26-17)14-7-5-6-8-16(14)24/h5-12,17H,3-4H2,1-2H3. The number of aliphatic imine (C=N–C) groups is 1. The number of nitrogens with zero attached hydrogens (tertiary/aromatic N) is 3. The molecule has 0 saturated heterocycles. The first-order valence-corrected chi connectivity index (χ1v) is 10.2. The molecule has 0 bridgehead atoms. The van der Waals surface area contributed by atoms with Crippen LogP contribution in [0, 0.1) is 5.82 Å². The maximum absolute atomic E-state index is 14.7. The van der Waals surface area contributed by atoms with Gasteiger partial charge in [-0.3, -0.25) is 9.56 Å². The minimum absolute atomic E-state index is 0.242. The number of fused-ring (bicyclic) bond motifs is 3. The van der Waals surface area contributed by atoms with Gasteiger partial charge in [-0.05, 0) is 43.7 Å². The van der Waals surface area contributed by atoms with E-state index in [0.29, 0.717) is 23.4 Å². The predicted molar refractivity (Wildman–Crippen MR) is 112 cm³/mol. The minimum atomic E-state index is -0.483. The van der Waals surface area contributed by atoms with Crippen LogP contribution in [0.5, 0.6) is 0 Å². The molecule has 5 nitrogen and oxygen atoms in total. The molecule has 1 aromatic heterocycles. The summed E-state index contributed by atoms with van der Waals surface area (Å²) in [7, 11) is 0. The number of halogens is 2. The highest BCUT2D eigenvalue weighted by Crippen LogP contribution is 2.35. The SMILES string of the molecule is CCOC(=O)c1ncn2c1C(CC)N=C(c1ccccc1F)c1cc(Br)ccc1-2. The van der Waals surface area contributed by atoms with Crippen molar-refractivity contribution in [3.63, 3.8) is 0 Å². The molecular weight excluding hydrogens is 437 g/mol. The molecule has 148 valence electrons. The predicted octanol–water partition coefficient (Wildman–Crippen LogP) is 5.25. The molecule has 0 aliphatic carbocycles. The van der Waals surface area contributed by atoms with E-state index in [4.69, 9.17) is 9.73 Å². The average molecular weight is 456 g/mol. The van der Waals surface area contributed by atoms with Crippen LogP contribution in [-0.4, -0.2) is 27.8 Å². The van der Waals surface area contributed by atoms with E-state index in [-0.39, 0.29) is 24.2 Å². The Balaban J connectivity index is 2.02. The highest BCUT2D eigenvalue weighted by molar-refractivity contribution is 9.10. The zero-order chi connectivity index (χ0) is 20.5. The van der Waals surface area contributed by atoms with Crippen molar-refractivity contribution in [3.8, 4) is 5.69 Å². The van der Waals surface area contributed by atoms with Gasteiger partial charge in [0.05, 0.1) is 29.7 Å². The largest absolute Gasteiger partial charge is 0.461 e. The molecule has 0 radical (unpaired) electrons. The van der Waals surface area contributed by atoms with Crippen LogP contribution in [0.2, 0.25) is 0 Å². The molecule has 7 heteroatoms. The van der Waals surface area contributed by atoms with Gasteiger partial charge in [0.1, 0.15) is 12.1 Å². The molecule has 0 saturated carbocycles. The second kappa shape index (κ2) is 7.91. The summed E-state index contributed by atoms with van der Waals surface area (Å²) in [5.41, 5.74) is 3.40. The molecule has 2 heterocycles. The van der Waals surface area contributed by atoms with Gasteiger partial charge in [0.15, 0.2) is 5.69 Å².